The van der Waals surface area contributed by atoms with Gasteiger partial charge in [0.1, 0.15) is 17.1 Å². The van der Waals surface area contributed by atoms with E-state index in [-0.39, 0.29) is 11.9 Å². The summed E-state index contributed by atoms with van der Waals surface area (Å²) in [5, 5.41) is 2.98. The lowest BCUT2D eigenvalue weighted by Gasteiger charge is -2.34. The number of nitrogens with zero attached hydrogens (tertiary/aromatic N) is 1. The first-order valence-corrected chi connectivity index (χ1v) is 8.13. The average Bonchev–Trinajstić information content (AvgIpc) is 3.11. The fraction of sp³-hybridized carbons (Fsp3) is 0.471. The highest BCUT2D eigenvalue weighted by molar-refractivity contribution is 5.78. The van der Waals surface area contributed by atoms with Crippen LogP contribution in [0.3, 0.4) is 0 Å². The summed E-state index contributed by atoms with van der Waals surface area (Å²) in [5.74, 6) is 0.170. The molecule has 0 bridgehead atoms. The summed E-state index contributed by atoms with van der Waals surface area (Å²) >= 11 is 0. The van der Waals surface area contributed by atoms with Crippen LogP contribution in [0.25, 0.3) is 0 Å². The van der Waals surface area contributed by atoms with E-state index in [2.05, 4.69) is 5.32 Å². The molecule has 128 valence electrons. The molecular weight excluding hydrogens is 312 g/mol. The quantitative estimate of drug-likeness (QED) is 0.629. The number of furan rings is 1. The highest BCUT2D eigenvalue weighted by Crippen LogP contribution is 2.27. The summed E-state index contributed by atoms with van der Waals surface area (Å²) in [6.45, 7) is 3.49. The van der Waals surface area contributed by atoms with E-state index in [1.165, 1.54) is 0 Å². The van der Waals surface area contributed by atoms with Crippen LogP contribution in [0.5, 0.6) is 0 Å². The molecule has 24 heavy (non-hydrogen) atoms. The fourth-order valence-electron chi connectivity index (χ4n) is 3.07. The molecule has 0 unspecified atom stereocenters. The predicted molar refractivity (Wildman–Crippen MR) is 89.0 cm³/mol. The van der Waals surface area contributed by atoms with Crippen LogP contribution < -0.4 is 21.1 Å². The Kier molecular flexibility index (Phi) is 4.69. The Labute approximate surface area is 138 Å². The van der Waals surface area contributed by atoms with Crippen molar-refractivity contribution >= 4 is 17.3 Å². The first kappa shape index (κ1) is 16.3. The van der Waals surface area contributed by atoms with Crippen molar-refractivity contribution in [1.29, 1.82) is 0 Å². The number of rotatable bonds is 6. The number of hydrogen-bond acceptors (Lipinski definition) is 7. The van der Waals surface area contributed by atoms with Crippen LogP contribution in [-0.4, -0.2) is 25.7 Å². The average molecular weight is 332 g/mol. The molecule has 0 aliphatic carbocycles. The van der Waals surface area contributed by atoms with Gasteiger partial charge in [-0.2, -0.15) is 0 Å². The molecule has 1 aromatic carbocycles. The molecule has 3 rings (SSSR count). The highest BCUT2D eigenvalue weighted by Gasteiger charge is 2.32. The number of piperidine rings is 1. The van der Waals surface area contributed by atoms with Gasteiger partial charge in [0.25, 0.3) is 10.9 Å². The zero-order chi connectivity index (χ0) is 17.1. The van der Waals surface area contributed by atoms with Gasteiger partial charge in [-0.25, -0.2) is 0 Å². The van der Waals surface area contributed by atoms with Crippen LogP contribution in [0.2, 0.25) is 0 Å². The van der Waals surface area contributed by atoms with E-state index in [4.69, 9.17) is 9.15 Å². The lowest BCUT2D eigenvalue weighted by molar-refractivity contribution is -0.148. The standard InChI is InChI=1S/C17H20N2O5/c1-2-23-17(22)11-5-3-7-19(10-11)14-13(15(20)16(14)21)18-9-12-6-4-8-24-12/h4,6,8,11,18H,2-3,5,7,9-10H2,1H3/t11-/m1/s1. The third-order valence-electron chi connectivity index (χ3n) is 4.26. The van der Waals surface area contributed by atoms with Crippen molar-refractivity contribution in [2.75, 3.05) is 29.9 Å². The van der Waals surface area contributed by atoms with Gasteiger partial charge in [-0.15, -0.1) is 0 Å². The smallest absolute Gasteiger partial charge is 0.310 e. The molecule has 1 aliphatic rings. The van der Waals surface area contributed by atoms with Gasteiger partial charge >= 0.3 is 5.97 Å². The van der Waals surface area contributed by atoms with Gasteiger partial charge in [0.15, 0.2) is 0 Å². The largest absolute Gasteiger partial charge is 0.467 e. The lowest BCUT2D eigenvalue weighted by atomic mass is 9.96. The molecule has 0 spiro atoms. The zero-order valence-corrected chi connectivity index (χ0v) is 13.5. The highest BCUT2D eigenvalue weighted by atomic mass is 16.5. The number of carbonyl (C=O) groups excluding carboxylic acids is 1. The molecule has 1 N–H and O–H groups in total. The summed E-state index contributed by atoms with van der Waals surface area (Å²) in [5.41, 5.74) is -0.335. The van der Waals surface area contributed by atoms with Crippen molar-refractivity contribution in [3.05, 3.63) is 44.6 Å². The molecule has 0 radical (unpaired) electrons. The minimum atomic E-state index is -0.519. The Bertz CT molecular complexity index is 773. The Balaban J connectivity index is 1.72. The second-order valence-corrected chi connectivity index (χ2v) is 5.85. The Morgan fingerprint density at radius 1 is 1.42 bits per heavy atom. The summed E-state index contributed by atoms with van der Waals surface area (Å²) in [7, 11) is 0. The van der Waals surface area contributed by atoms with Gasteiger partial charge in [-0.05, 0) is 31.9 Å². The van der Waals surface area contributed by atoms with E-state index in [0.29, 0.717) is 43.4 Å². The van der Waals surface area contributed by atoms with Crippen molar-refractivity contribution in [1.82, 2.24) is 0 Å². The number of ether oxygens (including phenoxy) is 1. The molecule has 1 aromatic heterocycles. The molecule has 2 heterocycles. The maximum absolute atomic E-state index is 12.0. The van der Waals surface area contributed by atoms with E-state index in [1.54, 1.807) is 25.3 Å². The molecule has 2 aromatic rings. The monoisotopic (exact) mass is 332 g/mol. The summed E-state index contributed by atoms with van der Waals surface area (Å²) in [4.78, 5) is 37.6. The second-order valence-electron chi connectivity index (χ2n) is 5.85. The van der Waals surface area contributed by atoms with Gasteiger partial charge in [-0.1, -0.05) is 0 Å². The van der Waals surface area contributed by atoms with Crippen LogP contribution in [0.4, 0.5) is 11.4 Å². The van der Waals surface area contributed by atoms with Crippen LogP contribution in [0.1, 0.15) is 25.5 Å². The van der Waals surface area contributed by atoms with Crippen LogP contribution in [0, 0.1) is 5.92 Å². The summed E-state index contributed by atoms with van der Waals surface area (Å²) in [6, 6.07) is 3.55. The van der Waals surface area contributed by atoms with Gasteiger partial charge in [0.05, 0.1) is 25.3 Å². The molecule has 0 saturated carbocycles. The van der Waals surface area contributed by atoms with Gasteiger partial charge in [0, 0.05) is 13.1 Å². The van der Waals surface area contributed by atoms with Crippen molar-refractivity contribution in [3.8, 4) is 0 Å². The maximum atomic E-state index is 12.0. The maximum Gasteiger partial charge on any atom is 0.310 e. The SMILES string of the molecule is CCOC(=O)[C@@H]1CCCN(c2c(NCc3ccco3)c(=O)c2=O)C1. The Hall–Kier alpha value is -2.57. The van der Waals surface area contributed by atoms with Crippen molar-refractivity contribution in [3.63, 3.8) is 0 Å². The van der Waals surface area contributed by atoms with Crippen molar-refractivity contribution in [2.24, 2.45) is 5.92 Å². The van der Waals surface area contributed by atoms with Crippen LogP contribution in [-0.2, 0) is 16.1 Å². The van der Waals surface area contributed by atoms with Gasteiger partial charge < -0.3 is 19.4 Å². The van der Waals surface area contributed by atoms with E-state index >= 15 is 0 Å². The molecule has 1 atom stereocenters. The Morgan fingerprint density at radius 2 is 2.25 bits per heavy atom. The zero-order valence-electron chi connectivity index (χ0n) is 13.5. The molecule has 7 nitrogen and oxygen atoms in total. The normalized spacial score (nSPS) is 17.9. The van der Waals surface area contributed by atoms with E-state index in [1.807, 2.05) is 4.90 Å². The Morgan fingerprint density at radius 3 is 2.96 bits per heavy atom. The number of anilines is 2. The first-order valence-electron chi connectivity index (χ1n) is 8.13. The lowest BCUT2D eigenvalue weighted by Crippen LogP contribution is -2.47. The number of nitrogens with one attached hydrogen (secondary N) is 1. The molecular formula is C17H20N2O5. The summed E-state index contributed by atoms with van der Waals surface area (Å²) in [6.07, 6.45) is 3.06. The van der Waals surface area contributed by atoms with Crippen LogP contribution >= 0.6 is 0 Å². The third-order valence-corrected chi connectivity index (χ3v) is 4.26. The summed E-state index contributed by atoms with van der Waals surface area (Å²) < 4.78 is 10.3. The number of carbonyl (C=O) groups is 1. The molecule has 1 aliphatic heterocycles. The minimum Gasteiger partial charge on any atom is -0.467 e. The minimum absolute atomic E-state index is 0.244. The van der Waals surface area contributed by atoms with Crippen molar-refractivity contribution < 1.29 is 13.9 Å². The van der Waals surface area contributed by atoms with Crippen molar-refractivity contribution in [2.45, 2.75) is 26.3 Å². The van der Waals surface area contributed by atoms with Gasteiger partial charge in [0.2, 0.25) is 0 Å². The van der Waals surface area contributed by atoms with E-state index < -0.39 is 10.9 Å². The fourth-order valence-corrected chi connectivity index (χ4v) is 3.07. The van der Waals surface area contributed by atoms with E-state index in [0.717, 1.165) is 12.8 Å². The predicted octanol–water partition coefficient (Wildman–Crippen LogP) is 1.27. The number of esters is 1. The van der Waals surface area contributed by atoms with Crippen LogP contribution in [0.15, 0.2) is 32.4 Å². The molecule has 1 fully saturated rings. The second kappa shape index (κ2) is 6.90. The third kappa shape index (κ3) is 3.06. The van der Waals surface area contributed by atoms with E-state index in [9.17, 15) is 14.4 Å². The molecule has 7 heteroatoms. The van der Waals surface area contributed by atoms with Gasteiger partial charge in [-0.3, -0.25) is 14.4 Å². The first-order chi connectivity index (χ1) is 11.6. The molecule has 1 saturated heterocycles. The number of hydrogen-bond donors (Lipinski definition) is 1. The topological polar surface area (TPSA) is 88.8 Å². The molecule has 0 amide bonds.